The van der Waals surface area contributed by atoms with E-state index in [2.05, 4.69) is 20.9 Å². The van der Waals surface area contributed by atoms with Crippen molar-refractivity contribution in [3.05, 3.63) is 23.8 Å². The fraction of sp³-hybridized carbons (Fsp3) is 0.579. The van der Waals surface area contributed by atoms with Crippen molar-refractivity contribution in [2.75, 3.05) is 6.54 Å². The number of alkyl carbamates (subject to hydrolysis) is 1. The van der Waals surface area contributed by atoms with E-state index in [1.54, 1.807) is 23.9 Å². The van der Waals surface area contributed by atoms with Crippen LogP contribution in [0.5, 0.6) is 0 Å². The van der Waals surface area contributed by atoms with Gasteiger partial charge in [-0.1, -0.05) is 19.1 Å². The Balaban J connectivity index is 2.10. The van der Waals surface area contributed by atoms with Crippen LogP contribution in [0.3, 0.4) is 0 Å². The summed E-state index contributed by atoms with van der Waals surface area (Å²) in [6.07, 6.45) is 0.834. The lowest BCUT2D eigenvalue weighted by molar-refractivity contribution is 0.0502. The molecule has 0 bridgehead atoms. The molecule has 0 unspecified atom stereocenters. The highest BCUT2D eigenvalue weighted by molar-refractivity contribution is 5.97. The lowest BCUT2D eigenvalue weighted by Gasteiger charge is -2.33. The molecule has 27 heavy (non-hydrogen) atoms. The molecule has 0 spiro atoms. The van der Waals surface area contributed by atoms with E-state index in [9.17, 15) is 9.59 Å². The van der Waals surface area contributed by atoms with Gasteiger partial charge in [0.2, 0.25) is 0 Å². The maximum Gasteiger partial charge on any atom is 0.407 e. The summed E-state index contributed by atoms with van der Waals surface area (Å²) in [7, 11) is 1.80. The highest BCUT2D eigenvalue weighted by atomic mass is 16.6. The Morgan fingerprint density at radius 3 is 2.44 bits per heavy atom. The van der Waals surface area contributed by atoms with Gasteiger partial charge in [-0.2, -0.15) is 0 Å². The highest BCUT2D eigenvalue weighted by Gasteiger charge is 2.30. The summed E-state index contributed by atoms with van der Waals surface area (Å²) < 4.78 is 6.94. The summed E-state index contributed by atoms with van der Waals surface area (Å²) in [5.41, 5.74) is 0.892. The number of aromatic nitrogens is 3. The molecule has 0 saturated carbocycles. The molecule has 2 rings (SSSR count). The third-order valence-corrected chi connectivity index (χ3v) is 4.58. The molecule has 1 aromatic carbocycles. The van der Waals surface area contributed by atoms with Crippen LogP contribution in [-0.4, -0.2) is 44.7 Å². The van der Waals surface area contributed by atoms with Gasteiger partial charge in [0.25, 0.3) is 5.91 Å². The number of benzene rings is 1. The maximum absolute atomic E-state index is 12.8. The number of carbonyl (C=O) groups excluding carboxylic acids is 2. The number of ether oxygens (including phenoxy) is 1. The number of carbonyl (C=O) groups is 2. The zero-order valence-electron chi connectivity index (χ0n) is 16.9. The molecule has 0 radical (unpaired) electrons. The number of hydrogen-bond acceptors (Lipinski definition) is 5. The summed E-state index contributed by atoms with van der Waals surface area (Å²) in [5.74, 6) is -0.211. The Labute approximate surface area is 159 Å². The van der Waals surface area contributed by atoms with Crippen molar-refractivity contribution >= 4 is 23.0 Å². The predicted molar refractivity (Wildman–Crippen MR) is 104 cm³/mol. The number of nitrogens with one attached hydrogen (secondary N) is 2. The molecule has 0 saturated heterocycles. The SMILES string of the molecule is CCC(CC)(CNC(=O)OC(C)(C)C)NC(=O)c1ccc2c(c1)nnn2C. The summed E-state index contributed by atoms with van der Waals surface area (Å²) >= 11 is 0. The minimum atomic E-state index is -0.569. The minimum Gasteiger partial charge on any atom is -0.444 e. The van der Waals surface area contributed by atoms with Crippen LogP contribution in [0.25, 0.3) is 11.0 Å². The molecular weight excluding hydrogens is 346 g/mol. The molecule has 2 N–H and O–H groups in total. The van der Waals surface area contributed by atoms with E-state index in [0.717, 1.165) is 5.52 Å². The fourth-order valence-electron chi connectivity index (χ4n) is 2.77. The summed E-state index contributed by atoms with van der Waals surface area (Å²) in [5, 5.41) is 13.8. The summed E-state index contributed by atoms with van der Waals surface area (Å²) in [6.45, 7) is 9.67. The fourth-order valence-corrected chi connectivity index (χ4v) is 2.77. The van der Waals surface area contributed by atoms with Gasteiger partial charge in [-0.05, 0) is 51.8 Å². The molecule has 0 aliphatic carbocycles. The largest absolute Gasteiger partial charge is 0.444 e. The number of amides is 2. The van der Waals surface area contributed by atoms with E-state index in [-0.39, 0.29) is 12.5 Å². The van der Waals surface area contributed by atoms with Gasteiger partial charge in [0.1, 0.15) is 11.1 Å². The molecule has 8 heteroatoms. The predicted octanol–water partition coefficient (Wildman–Crippen LogP) is 2.78. The third kappa shape index (κ3) is 5.18. The van der Waals surface area contributed by atoms with Crippen molar-refractivity contribution < 1.29 is 14.3 Å². The smallest absolute Gasteiger partial charge is 0.407 e. The van der Waals surface area contributed by atoms with Gasteiger partial charge in [-0.3, -0.25) is 4.79 Å². The van der Waals surface area contributed by atoms with Crippen LogP contribution < -0.4 is 10.6 Å². The number of hydrogen-bond donors (Lipinski definition) is 2. The van der Waals surface area contributed by atoms with E-state index < -0.39 is 17.2 Å². The molecule has 0 fully saturated rings. The molecule has 1 aromatic heterocycles. The van der Waals surface area contributed by atoms with E-state index in [1.807, 2.05) is 40.7 Å². The van der Waals surface area contributed by atoms with E-state index in [1.165, 1.54) is 0 Å². The lowest BCUT2D eigenvalue weighted by atomic mass is 9.92. The zero-order chi connectivity index (χ0) is 20.2. The number of fused-ring (bicyclic) bond motifs is 1. The lowest BCUT2D eigenvalue weighted by Crippen LogP contribution is -2.55. The topological polar surface area (TPSA) is 98.1 Å². The van der Waals surface area contributed by atoms with Crippen molar-refractivity contribution in [3.8, 4) is 0 Å². The zero-order valence-corrected chi connectivity index (χ0v) is 16.9. The molecule has 148 valence electrons. The van der Waals surface area contributed by atoms with E-state index >= 15 is 0 Å². The van der Waals surface area contributed by atoms with Crippen LogP contribution in [0.4, 0.5) is 4.79 Å². The normalized spacial score (nSPS) is 12.1. The first-order valence-electron chi connectivity index (χ1n) is 9.18. The van der Waals surface area contributed by atoms with Crippen LogP contribution in [0, 0.1) is 0 Å². The second kappa shape index (κ2) is 7.94. The Kier molecular flexibility index (Phi) is 6.08. The van der Waals surface area contributed by atoms with Crippen molar-refractivity contribution in [2.45, 2.75) is 58.6 Å². The van der Waals surface area contributed by atoms with Crippen LogP contribution >= 0.6 is 0 Å². The summed E-state index contributed by atoms with van der Waals surface area (Å²) in [6, 6.07) is 5.29. The second-order valence-corrected chi connectivity index (χ2v) is 7.71. The number of aryl methyl sites for hydroxylation is 1. The summed E-state index contributed by atoms with van der Waals surface area (Å²) in [4.78, 5) is 24.8. The van der Waals surface area contributed by atoms with Gasteiger partial charge in [0.15, 0.2) is 0 Å². The molecular formula is C19H29N5O3. The first kappa shape index (κ1) is 20.7. The second-order valence-electron chi connectivity index (χ2n) is 7.71. The quantitative estimate of drug-likeness (QED) is 0.809. The van der Waals surface area contributed by atoms with Crippen LogP contribution in [-0.2, 0) is 11.8 Å². The minimum absolute atomic E-state index is 0.211. The Bertz CT molecular complexity index is 818. The van der Waals surface area contributed by atoms with Crippen LogP contribution in [0.1, 0.15) is 57.8 Å². The van der Waals surface area contributed by atoms with Crippen molar-refractivity contribution in [2.24, 2.45) is 7.05 Å². The Morgan fingerprint density at radius 2 is 1.85 bits per heavy atom. The third-order valence-electron chi connectivity index (χ3n) is 4.58. The monoisotopic (exact) mass is 375 g/mol. The van der Waals surface area contributed by atoms with Gasteiger partial charge < -0.3 is 15.4 Å². The highest BCUT2D eigenvalue weighted by Crippen LogP contribution is 2.18. The van der Waals surface area contributed by atoms with E-state index in [4.69, 9.17) is 4.74 Å². The number of rotatable bonds is 6. The first-order chi connectivity index (χ1) is 12.6. The van der Waals surface area contributed by atoms with Gasteiger partial charge in [0, 0.05) is 19.2 Å². The van der Waals surface area contributed by atoms with Gasteiger partial charge in [-0.15, -0.1) is 5.10 Å². The molecule has 2 aromatic rings. The van der Waals surface area contributed by atoms with Crippen LogP contribution in [0.2, 0.25) is 0 Å². The number of nitrogens with zero attached hydrogens (tertiary/aromatic N) is 3. The van der Waals surface area contributed by atoms with Gasteiger partial charge >= 0.3 is 6.09 Å². The van der Waals surface area contributed by atoms with Crippen molar-refractivity contribution in [1.82, 2.24) is 25.6 Å². The average molecular weight is 375 g/mol. The Hall–Kier alpha value is -2.64. The van der Waals surface area contributed by atoms with Gasteiger partial charge in [0.05, 0.1) is 11.1 Å². The molecule has 0 atom stereocenters. The maximum atomic E-state index is 12.8. The molecule has 0 aliphatic heterocycles. The molecule has 0 aliphatic rings. The average Bonchev–Trinajstić information content (AvgIpc) is 2.97. The van der Waals surface area contributed by atoms with Crippen molar-refractivity contribution in [1.29, 1.82) is 0 Å². The van der Waals surface area contributed by atoms with Crippen molar-refractivity contribution in [3.63, 3.8) is 0 Å². The standard InChI is InChI=1S/C19H29N5O3/c1-7-19(8-2,12-20-17(26)27-18(3,4)5)21-16(25)13-9-10-15-14(11-13)22-23-24(15)6/h9-11H,7-8,12H2,1-6H3,(H,20,26)(H,21,25). The molecule has 2 amide bonds. The Morgan fingerprint density at radius 1 is 1.19 bits per heavy atom. The van der Waals surface area contributed by atoms with Crippen LogP contribution in [0.15, 0.2) is 18.2 Å². The van der Waals surface area contributed by atoms with E-state index in [0.29, 0.717) is 23.9 Å². The molecule has 8 nitrogen and oxygen atoms in total. The van der Waals surface area contributed by atoms with Gasteiger partial charge in [-0.25, -0.2) is 9.48 Å². The first-order valence-corrected chi connectivity index (χ1v) is 9.18. The molecule has 1 heterocycles.